The number of piperidine rings is 1. The summed E-state index contributed by atoms with van der Waals surface area (Å²) in [6.45, 7) is 0.972. The van der Waals surface area contributed by atoms with E-state index in [0.717, 1.165) is 18.4 Å². The van der Waals surface area contributed by atoms with Crippen molar-refractivity contribution in [1.82, 2.24) is 4.90 Å². The Bertz CT molecular complexity index is 1040. The molecule has 2 aromatic rings. The molecule has 0 N–H and O–H groups in total. The van der Waals surface area contributed by atoms with Crippen LogP contribution in [0.5, 0.6) is 0 Å². The molecule has 2 unspecified atom stereocenters. The van der Waals surface area contributed by atoms with Crippen molar-refractivity contribution in [3.8, 4) is 6.07 Å². The summed E-state index contributed by atoms with van der Waals surface area (Å²) >= 11 is 0. The van der Waals surface area contributed by atoms with Crippen molar-refractivity contribution in [2.24, 2.45) is 0 Å². The molecule has 0 radical (unpaired) electrons. The van der Waals surface area contributed by atoms with Crippen molar-refractivity contribution < 1.29 is 18.3 Å². The Kier molecular flexibility index (Phi) is 4.48. The fraction of sp³-hybridized carbons (Fsp3) is 0.391. The quantitative estimate of drug-likeness (QED) is 0.755. The van der Waals surface area contributed by atoms with Gasteiger partial charge in [0.1, 0.15) is 17.9 Å². The molecule has 30 heavy (non-hydrogen) atoms. The molecule has 3 fully saturated rings. The molecule has 0 aromatic heterocycles. The molecule has 2 atom stereocenters. The lowest BCUT2D eigenvalue weighted by Crippen LogP contribution is -2.50. The number of nitriles is 1. The van der Waals surface area contributed by atoms with Gasteiger partial charge in [0.2, 0.25) is 0 Å². The number of rotatable bonds is 2. The van der Waals surface area contributed by atoms with E-state index in [0.29, 0.717) is 31.6 Å². The summed E-state index contributed by atoms with van der Waals surface area (Å²) in [6, 6.07) is 12.6. The molecule has 3 heterocycles. The number of hydrogen-bond acceptors (Lipinski definition) is 4. The lowest BCUT2D eigenvalue weighted by molar-refractivity contribution is -0.140. The Morgan fingerprint density at radius 1 is 1.10 bits per heavy atom. The van der Waals surface area contributed by atoms with Gasteiger partial charge in [0.25, 0.3) is 5.91 Å². The Hall–Kier alpha value is -2.98. The Balaban J connectivity index is 1.33. The fourth-order valence-electron chi connectivity index (χ4n) is 5.03. The molecule has 5 nitrogen and oxygen atoms in total. The van der Waals surface area contributed by atoms with E-state index in [-0.39, 0.29) is 29.6 Å². The van der Waals surface area contributed by atoms with Crippen molar-refractivity contribution in [3.05, 3.63) is 65.2 Å². The van der Waals surface area contributed by atoms with Crippen LogP contribution in [0.25, 0.3) is 0 Å². The number of nitrogens with zero attached hydrogens (tertiary/aromatic N) is 3. The minimum Gasteiger partial charge on any atom is -0.369 e. The summed E-state index contributed by atoms with van der Waals surface area (Å²) in [5.41, 5.74) is 0.620. The van der Waals surface area contributed by atoms with E-state index in [9.17, 15) is 13.6 Å². The first-order chi connectivity index (χ1) is 14.5. The molecule has 3 saturated heterocycles. The molecule has 1 amide bonds. The number of fused-ring (bicyclic) bond motifs is 1. The second-order valence-electron chi connectivity index (χ2n) is 8.19. The first-order valence-corrected chi connectivity index (χ1v) is 10.2. The zero-order chi connectivity index (χ0) is 20.9. The van der Waals surface area contributed by atoms with E-state index < -0.39 is 11.4 Å². The summed E-state index contributed by atoms with van der Waals surface area (Å²) in [5, 5.41) is 8.92. The van der Waals surface area contributed by atoms with Gasteiger partial charge in [-0.25, -0.2) is 8.78 Å². The van der Waals surface area contributed by atoms with E-state index in [4.69, 9.17) is 10.00 Å². The highest BCUT2D eigenvalue weighted by atomic mass is 19.1. The Labute approximate surface area is 173 Å². The van der Waals surface area contributed by atoms with Gasteiger partial charge < -0.3 is 14.5 Å². The molecule has 3 aliphatic heterocycles. The summed E-state index contributed by atoms with van der Waals surface area (Å²) in [4.78, 5) is 17.1. The van der Waals surface area contributed by atoms with Gasteiger partial charge in [0.05, 0.1) is 23.4 Å². The van der Waals surface area contributed by atoms with Crippen molar-refractivity contribution in [2.75, 3.05) is 18.0 Å². The predicted molar refractivity (Wildman–Crippen MR) is 105 cm³/mol. The number of anilines is 1. The average molecular weight is 409 g/mol. The van der Waals surface area contributed by atoms with Crippen molar-refractivity contribution in [2.45, 2.75) is 43.6 Å². The number of carbonyl (C=O) groups is 1. The van der Waals surface area contributed by atoms with Crippen LogP contribution in [-0.4, -0.2) is 35.7 Å². The normalized spacial score (nSPS) is 24.9. The van der Waals surface area contributed by atoms with E-state index >= 15 is 0 Å². The molecule has 3 aliphatic rings. The van der Waals surface area contributed by atoms with E-state index in [2.05, 4.69) is 0 Å². The lowest BCUT2D eigenvalue weighted by Gasteiger charge is -2.38. The van der Waals surface area contributed by atoms with Gasteiger partial charge in [-0.15, -0.1) is 0 Å². The molecule has 5 rings (SSSR count). The second-order valence-corrected chi connectivity index (χ2v) is 8.19. The third-order valence-electron chi connectivity index (χ3n) is 6.54. The van der Waals surface area contributed by atoms with Gasteiger partial charge >= 0.3 is 0 Å². The molecular weight excluding hydrogens is 388 g/mol. The summed E-state index contributed by atoms with van der Waals surface area (Å²) in [5.74, 6) is -0.786. The number of benzene rings is 2. The van der Waals surface area contributed by atoms with E-state index in [1.165, 1.54) is 18.2 Å². The maximum atomic E-state index is 14.4. The number of amides is 1. The number of hydrogen-bond donors (Lipinski definition) is 0. The van der Waals surface area contributed by atoms with Gasteiger partial charge in [-0.1, -0.05) is 12.1 Å². The van der Waals surface area contributed by atoms with Crippen LogP contribution in [-0.2, 0) is 9.53 Å². The highest BCUT2D eigenvalue weighted by Gasteiger charge is 2.58. The summed E-state index contributed by atoms with van der Waals surface area (Å²) in [6.07, 6.45) is 2.12. The predicted octanol–water partition coefficient (Wildman–Crippen LogP) is 3.90. The van der Waals surface area contributed by atoms with Crippen molar-refractivity contribution >= 4 is 11.6 Å². The van der Waals surface area contributed by atoms with Crippen LogP contribution in [0.4, 0.5) is 14.5 Å². The molecule has 0 bridgehead atoms. The Morgan fingerprint density at radius 3 is 2.60 bits per heavy atom. The minimum absolute atomic E-state index is 0.0424. The molecule has 0 aliphatic carbocycles. The number of ether oxygens (including phenoxy) is 1. The first kappa shape index (κ1) is 19.0. The number of carbonyl (C=O) groups excluding carboxylic acids is 1. The SMILES string of the molecule is N#Cc1ccc(N2CCC3(CC2)OC2CCC(c4cccc(F)c4)N2C3=O)c(F)c1. The monoisotopic (exact) mass is 409 g/mol. The van der Waals surface area contributed by atoms with Crippen molar-refractivity contribution in [1.29, 1.82) is 5.26 Å². The van der Waals surface area contributed by atoms with Gasteiger partial charge in [-0.05, 0) is 48.7 Å². The third-order valence-corrected chi connectivity index (χ3v) is 6.54. The molecule has 0 saturated carbocycles. The van der Waals surface area contributed by atoms with Crippen LogP contribution in [0, 0.1) is 23.0 Å². The smallest absolute Gasteiger partial charge is 0.257 e. The standard InChI is InChI=1S/C23H21F2N3O2/c24-17-3-1-2-16(13-17)19-6-7-21-28(19)22(29)23(30-21)8-10-27(11-9-23)20-5-4-15(14-26)12-18(20)25/h1-5,12-13,19,21H,6-11H2. The fourth-order valence-corrected chi connectivity index (χ4v) is 5.03. The van der Waals surface area contributed by atoms with Gasteiger partial charge in [-0.2, -0.15) is 5.26 Å². The van der Waals surface area contributed by atoms with Crippen LogP contribution in [0.15, 0.2) is 42.5 Å². The Morgan fingerprint density at radius 2 is 1.90 bits per heavy atom. The zero-order valence-corrected chi connectivity index (χ0v) is 16.4. The largest absolute Gasteiger partial charge is 0.369 e. The average Bonchev–Trinajstić information content (AvgIpc) is 3.27. The highest BCUT2D eigenvalue weighted by Crippen LogP contribution is 2.48. The maximum Gasteiger partial charge on any atom is 0.257 e. The molecular formula is C23H21F2N3O2. The maximum absolute atomic E-state index is 14.4. The molecule has 154 valence electrons. The molecule has 7 heteroatoms. The van der Waals surface area contributed by atoms with Gasteiger partial charge in [-0.3, -0.25) is 4.79 Å². The minimum atomic E-state index is -0.893. The summed E-state index contributed by atoms with van der Waals surface area (Å²) < 4.78 is 34.4. The van der Waals surface area contributed by atoms with Gasteiger partial charge in [0, 0.05) is 25.9 Å². The number of halogens is 2. The van der Waals surface area contributed by atoms with E-state index in [1.54, 1.807) is 23.1 Å². The lowest BCUT2D eigenvalue weighted by atomic mass is 9.89. The van der Waals surface area contributed by atoms with Crippen LogP contribution >= 0.6 is 0 Å². The topological polar surface area (TPSA) is 56.6 Å². The molecule has 2 aromatic carbocycles. The van der Waals surface area contributed by atoms with Crippen LogP contribution in [0.2, 0.25) is 0 Å². The highest BCUT2D eigenvalue weighted by molar-refractivity contribution is 5.88. The van der Waals surface area contributed by atoms with Crippen LogP contribution in [0.3, 0.4) is 0 Å². The van der Waals surface area contributed by atoms with E-state index in [1.807, 2.05) is 17.0 Å². The second kappa shape index (κ2) is 7.06. The van der Waals surface area contributed by atoms with Crippen molar-refractivity contribution in [3.63, 3.8) is 0 Å². The molecule has 1 spiro atoms. The van der Waals surface area contributed by atoms with Crippen LogP contribution < -0.4 is 4.90 Å². The first-order valence-electron chi connectivity index (χ1n) is 10.2. The van der Waals surface area contributed by atoms with Crippen LogP contribution in [0.1, 0.15) is 42.9 Å². The van der Waals surface area contributed by atoms with Gasteiger partial charge in [0.15, 0.2) is 5.60 Å². The third kappa shape index (κ3) is 2.94. The summed E-state index contributed by atoms with van der Waals surface area (Å²) in [7, 11) is 0. The zero-order valence-electron chi connectivity index (χ0n) is 16.4.